The summed E-state index contributed by atoms with van der Waals surface area (Å²) in [6.07, 6.45) is 7.80. The van der Waals surface area contributed by atoms with Crippen LogP contribution in [0.2, 0.25) is 0 Å². The number of anilines is 1. The lowest BCUT2D eigenvalue weighted by Crippen LogP contribution is -2.30. The topological polar surface area (TPSA) is 62.7 Å². The van der Waals surface area contributed by atoms with Gasteiger partial charge in [-0.05, 0) is 84.5 Å². The first-order valence-electron chi connectivity index (χ1n) is 14.2. The van der Waals surface area contributed by atoms with E-state index in [0.29, 0.717) is 24.3 Å². The molecule has 5 nitrogen and oxygen atoms in total. The van der Waals surface area contributed by atoms with Crippen molar-refractivity contribution >= 4 is 23.0 Å². The molecular weight excluding hydrogens is 516 g/mol. The minimum absolute atomic E-state index is 0.116. The van der Waals surface area contributed by atoms with Gasteiger partial charge in [0.05, 0.1) is 11.8 Å². The molecule has 4 rings (SSSR count). The maximum atomic E-state index is 11.2. The number of aromatic carboxylic acids is 1. The first-order chi connectivity index (χ1) is 19.4. The predicted octanol–water partition coefficient (Wildman–Crippen LogP) is 9.19. The SMILES string of the molecule is CCCC(CCC)c1ccc(N(Cc2ccc(-c3csc(COc4cncc(C(=O)O)c4)c3)cc2)C(C)C)cc1. The highest BCUT2D eigenvalue weighted by Gasteiger charge is 2.15. The second-order valence-electron chi connectivity index (χ2n) is 10.6. The molecule has 2 heterocycles. The van der Waals surface area contributed by atoms with Crippen LogP contribution >= 0.6 is 11.3 Å². The third-order valence-electron chi connectivity index (χ3n) is 7.23. The van der Waals surface area contributed by atoms with E-state index in [9.17, 15) is 4.79 Å². The van der Waals surface area contributed by atoms with E-state index >= 15 is 0 Å². The van der Waals surface area contributed by atoms with Gasteiger partial charge in [0.25, 0.3) is 0 Å². The third kappa shape index (κ3) is 7.72. The highest BCUT2D eigenvalue weighted by atomic mass is 32.1. The van der Waals surface area contributed by atoms with Crippen LogP contribution in [0.3, 0.4) is 0 Å². The Kier molecular flexibility index (Phi) is 10.4. The van der Waals surface area contributed by atoms with Crippen molar-refractivity contribution in [3.8, 4) is 16.9 Å². The smallest absolute Gasteiger partial charge is 0.337 e. The van der Waals surface area contributed by atoms with Crippen molar-refractivity contribution in [2.45, 2.75) is 78.5 Å². The molecule has 0 saturated carbocycles. The van der Waals surface area contributed by atoms with Crippen molar-refractivity contribution in [3.05, 3.63) is 100 Å². The molecule has 0 saturated heterocycles. The van der Waals surface area contributed by atoms with Gasteiger partial charge in [0.2, 0.25) is 0 Å². The first-order valence-corrected chi connectivity index (χ1v) is 15.1. The van der Waals surface area contributed by atoms with Gasteiger partial charge in [-0.25, -0.2) is 4.79 Å². The molecule has 0 atom stereocenters. The summed E-state index contributed by atoms with van der Waals surface area (Å²) in [5.41, 5.74) is 6.44. The van der Waals surface area contributed by atoms with Gasteiger partial charge in [-0.2, -0.15) is 0 Å². The first kappa shape index (κ1) is 29.3. The number of thiophene rings is 1. The lowest BCUT2D eigenvalue weighted by molar-refractivity contribution is 0.0696. The summed E-state index contributed by atoms with van der Waals surface area (Å²) < 4.78 is 5.78. The third-order valence-corrected chi connectivity index (χ3v) is 8.14. The van der Waals surface area contributed by atoms with Gasteiger partial charge in [-0.3, -0.25) is 4.98 Å². The van der Waals surface area contributed by atoms with Crippen molar-refractivity contribution < 1.29 is 14.6 Å². The van der Waals surface area contributed by atoms with E-state index in [1.54, 1.807) is 11.3 Å². The van der Waals surface area contributed by atoms with Gasteiger partial charge in [0.1, 0.15) is 12.4 Å². The van der Waals surface area contributed by atoms with Crippen molar-refractivity contribution in [1.29, 1.82) is 0 Å². The van der Waals surface area contributed by atoms with Crippen LogP contribution in [0, 0.1) is 0 Å². The molecule has 0 radical (unpaired) electrons. The molecule has 0 spiro atoms. The van der Waals surface area contributed by atoms with Crippen molar-refractivity contribution in [1.82, 2.24) is 4.98 Å². The molecule has 0 bridgehead atoms. The molecule has 0 amide bonds. The number of hydrogen-bond acceptors (Lipinski definition) is 5. The monoisotopic (exact) mass is 556 g/mol. The van der Waals surface area contributed by atoms with Gasteiger partial charge < -0.3 is 14.7 Å². The molecular formula is C34H40N2O3S. The zero-order chi connectivity index (χ0) is 28.5. The molecule has 0 aliphatic rings. The average Bonchev–Trinajstić information content (AvgIpc) is 3.44. The standard InChI is InChI=1S/C34H40N2O3S/c1-5-7-26(8-6-2)27-13-15-31(16-14-27)36(24(3)4)21-25-9-11-28(12-10-25)30-18-33(40-23-30)22-39-32-17-29(34(37)38)19-35-20-32/h9-20,23-24,26H,5-8,21-22H2,1-4H3,(H,37,38). The van der Waals surface area contributed by atoms with E-state index in [4.69, 9.17) is 9.84 Å². The Morgan fingerprint density at radius 3 is 2.27 bits per heavy atom. The number of aromatic nitrogens is 1. The van der Waals surface area contributed by atoms with E-state index in [1.807, 2.05) is 0 Å². The number of benzene rings is 2. The Labute approximate surface area is 242 Å². The maximum Gasteiger partial charge on any atom is 0.337 e. The zero-order valence-corrected chi connectivity index (χ0v) is 24.8. The lowest BCUT2D eigenvalue weighted by Gasteiger charge is -2.30. The van der Waals surface area contributed by atoms with Crippen LogP contribution in [0.5, 0.6) is 5.75 Å². The van der Waals surface area contributed by atoms with Crippen LogP contribution in [0.4, 0.5) is 5.69 Å². The number of carboxylic acids is 1. The maximum absolute atomic E-state index is 11.2. The normalized spacial score (nSPS) is 11.2. The quantitative estimate of drug-likeness (QED) is 0.168. The van der Waals surface area contributed by atoms with Gasteiger partial charge in [-0.1, -0.05) is 63.1 Å². The number of carboxylic acid groups (broad SMARTS) is 1. The lowest BCUT2D eigenvalue weighted by atomic mass is 9.90. The highest BCUT2D eigenvalue weighted by molar-refractivity contribution is 7.10. The second kappa shape index (κ2) is 14.1. The summed E-state index contributed by atoms with van der Waals surface area (Å²) in [6.45, 7) is 10.3. The number of carbonyl (C=O) groups is 1. The molecule has 40 heavy (non-hydrogen) atoms. The number of nitrogens with zero attached hydrogens (tertiary/aromatic N) is 2. The number of rotatable bonds is 14. The van der Waals surface area contributed by atoms with Crippen LogP contribution in [-0.2, 0) is 13.2 Å². The summed E-state index contributed by atoms with van der Waals surface area (Å²) in [6, 6.07) is 22.1. The summed E-state index contributed by atoms with van der Waals surface area (Å²) in [5, 5.41) is 11.3. The fourth-order valence-electron chi connectivity index (χ4n) is 5.06. The highest BCUT2D eigenvalue weighted by Crippen LogP contribution is 2.30. The van der Waals surface area contributed by atoms with Gasteiger partial charge in [0.15, 0.2) is 0 Å². The number of pyridine rings is 1. The molecule has 1 N–H and O–H groups in total. The van der Waals surface area contributed by atoms with E-state index in [0.717, 1.165) is 17.0 Å². The molecule has 0 aliphatic heterocycles. The molecule has 0 fully saturated rings. The second-order valence-corrected chi connectivity index (χ2v) is 11.6. The van der Waals surface area contributed by atoms with Gasteiger partial charge in [-0.15, -0.1) is 11.3 Å². The van der Waals surface area contributed by atoms with E-state index in [1.165, 1.54) is 66.5 Å². The van der Waals surface area contributed by atoms with Crippen LogP contribution in [0.1, 0.15) is 85.7 Å². The molecule has 0 unspecified atom stereocenters. The van der Waals surface area contributed by atoms with Crippen molar-refractivity contribution in [2.24, 2.45) is 0 Å². The number of ether oxygens (including phenoxy) is 1. The van der Waals surface area contributed by atoms with E-state index < -0.39 is 5.97 Å². The van der Waals surface area contributed by atoms with Gasteiger partial charge in [0, 0.05) is 29.3 Å². The fourth-order valence-corrected chi connectivity index (χ4v) is 5.87. The summed E-state index contributed by atoms with van der Waals surface area (Å²) in [5.74, 6) is 0.0934. The Morgan fingerprint density at radius 1 is 0.950 bits per heavy atom. The van der Waals surface area contributed by atoms with Crippen LogP contribution < -0.4 is 9.64 Å². The van der Waals surface area contributed by atoms with Crippen LogP contribution in [0.15, 0.2) is 78.4 Å². The van der Waals surface area contributed by atoms with Crippen molar-refractivity contribution in [3.63, 3.8) is 0 Å². The Hall–Kier alpha value is -3.64. The van der Waals surface area contributed by atoms with E-state index in [2.05, 4.69) is 97.6 Å². The fraction of sp³-hybridized carbons (Fsp3) is 0.353. The molecule has 2 aromatic heterocycles. The molecule has 210 valence electrons. The summed E-state index contributed by atoms with van der Waals surface area (Å²) in [7, 11) is 0. The molecule has 2 aromatic carbocycles. The Bertz CT molecular complexity index is 1360. The van der Waals surface area contributed by atoms with Crippen LogP contribution in [-0.4, -0.2) is 22.1 Å². The summed E-state index contributed by atoms with van der Waals surface area (Å²) in [4.78, 5) is 18.6. The number of hydrogen-bond donors (Lipinski definition) is 1. The predicted molar refractivity (Wildman–Crippen MR) is 166 cm³/mol. The summed E-state index contributed by atoms with van der Waals surface area (Å²) >= 11 is 1.63. The minimum atomic E-state index is -1.02. The Balaban J connectivity index is 1.39. The van der Waals surface area contributed by atoms with Crippen molar-refractivity contribution in [2.75, 3.05) is 4.90 Å². The molecule has 6 heteroatoms. The minimum Gasteiger partial charge on any atom is -0.486 e. The largest absolute Gasteiger partial charge is 0.486 e. The van der Waals surface area contributed by atoms with Gasteiger partial charge >= 0.3 is 5.97 Å². The zero-order valence-electron chi connectivity index (χ0n) is 24.0. The Morgan fingerprint density at radius 2 is 1.65 bits per heavy atom. The van der Waals surface area contributed by atoms with E-state index in [-0.39, 0.29) is 5.56 Å². The molecule has 4 aromatic rings. The van der Waals surface area contributed by atoms with Crippen LogP contribution in [0.25, 0.3) is 11.1 Å². The average molecular weight is 557 g/mol. The molecule has 0 aliphatic carbocycles.